The zero-order chi connectivity index (χ0) is 46.4. The minimum Gasteiger partial charge on any atom is -0.456 e. The van der Waals surface area contributed by atoms with Crippen LogP contribution < -0.4 is 4.90 Å². The lowest BCUT2D eigenvalue weighted by molar-refractivity contribution is 0.265. The number of para-hydroxylation sites is 1. The average molecular weight is 926 g/mol. The van der Waals surface area contributed by atoms with Crippen molar-refractivity contribution in [2.24, 2.45) is 5.92 Å². The van der Waals surface area contributed by atoms with E-state index < -0.39 is 0 Å². The van der Waals surface area contributed by atoms with E-state index in [-0.39, 0.29) is 5.41 Å². The molecule has 0 amide bonds. The number of thiophene rings is 1. The normalized spacial score (nSPS) is 18.2. The zero-order valence-corrected chi connectivity index (χ0v) is 40.0. The standard InChI is InChI=1S/C68H47NOS/c1-2-17-41(18-3-1)42-19-14-21-44(37-42)69(45-35-36-49-48-24-6-11-31-58(48)68(59(49)39-45)56-29-9-4-22-46(56)47-23-5-10-30-57(47)68)60-32-15-20-43-38-54-55(64(43)60)40-62-66(52-26-7-12-33-61(52)70-62)65(54)53-28-16-27-51-50-25-8-13-34-63(50)71-67(51)53/h1-4,6-9,11-22,24-29,31-37,39-40,47,57H,5,10,23,30,38H2/t47?,57-,68?/m1/s1. The molecule has 336 valence electrons. The van der Waals surface area contributed by atoms with Gasteiger partial charge in [-0.2, -0.15) is 0 Å². The first-order valence-electron chi connectivity index (χ1n) is 25.5. The summed E-state index contributed by atoms with van der Waals surface area (Å²) in [7, 11) is 0. The Morgan fingerprint density at radius 2 is 1.20 bits per heavy atom. The maximum atomic E-state index is 6.96. The van der Waals surface area contributed by atoms with Crippen molar-refractivity contribution in [3.63, 3.8) is 0 Å². The largest absolute Gasteiger partial charge is 0.456 e. The van der Waals surface area contributed by atoms with Gasteiger partial charge in [0.1, 0.15) is 11.2 Å². The van der Waals surface area contributed by atoms with E-state index in [9.17, 15) is 0 Å². The van der Waals surface area contributed by atoms with E-state index >= 15 is 0 Å². The number of benzene rings is 10. The summed E-state index contributed by atoms with van der Waals surface area (Å²) < 4.78 is 9.60. The monoisotopic (exact) mass is 925 g/mol. The Hall–Kier alpha value is -7.98. The molecule has 2 aromatic heterocycles. The highest BCUT2D eigenvalue weighted by Crippen LogP contribution is 2.67. The summed E-state index contributed by atoms with van der Waals surface area (Å²) in [5.74, 6) is 1.06. The summed E-state index contributed by atoms with van der Waals surface area (Å²) >= 11 is 1.91. The molecule has 2 nitrogen and oxygen atoms in total. The summed E-state index contributed by atoms with van der Waals surface area (Å²) in [4.78, 5) is 2.59. The molecule has 4 aliphatic rings. The van der Waals surface area contributed by atoms with E-state index in [2.05, 4.69) is 217 Å². The second-order valence-electron chi connectivity index (χ2n) is 20.4. The van der Waals surface area contributed by atoms with Gasteiger partial charge < -0.3 is 9.32 Å². The molecule has 16 rings (SSSR count). The lowest BCUT2D eigenvalue weighted by Crippen LogP contribution is -2.35. The van der Waals surface area contributed by atoms with Crippen LogP contribution >= 0.6 is 11.3 Å². The van der Waals surface area contributed by atoms with Crippen molar-refractivity contribution in [3.8, 4) is 44.5 Å². The van der Waals surface area contributed by atoms with Crippen molar-refractivity contribution in [2.75, 3.05) is 4.90 Å². The Labute approximate surface area is 417 Å². The van der Waals surface area contributed by atoms with E-state index in [0.29, 0.717) is 11.8 Å². The van der Waals surface area contributed by atoms with Gasteiger partial charge in [0.15, 0.2) is 0 Å². The van der Waals surface area contributed by atoms with Crippen molar-refractivity contribution in [3.05, 3.63) is 246 Å². The highest BCUT2D eigenvalue weighted by atomic mass is 32.1. The Balaban J connectivity index is 0.970. The SMILES string of the molecule is c1ccc(-c2cccc(N(c3ccc4c(c3)C3(c5ccccc5-4)c4ccccc4C4CCCC[C@H]43)c3cccc4c3-c3cc5oc6ccccc6c5c(-c5cccc6c5sc5ccccc56)c3C4)c2)cc1. The van der Waals surface area contributed by atoms with Crippen LogP contribution in [-0.2, 0) is 11.8 Å². The number of hydrogen-bond donors (Lipinski definition) is 0. The Morgan fingerprint density at radius 1 is 0.479 bits per heavy atom. The van der Waals surface area contributed by atoms with E-state index in [1.807, 2.05) is 11.3 Å². The van der Waals surface area contributed by atoms with Gasteiger partial charge in [0, 0.05) is 53.4 Å². The van der Waals surface area contributed by atoms with Crippen LogP contribution in [-0.4, -0.2) is 0 Å². The van der Waals surface area contributed by atoms with Crippen LogP contribution in [0.25, 0.3) is 86.6 Å². The molecule has 71 heavy (non-hydrogen) atoms. The van der Waals surface area contributed by atoms with Crippen molar-refractivity contribution >= 4 is 70.5 Å². The molecule has 0 aliphatic heterocycles. The minimum absolute atomic E-state index is 0.220. The summed E-state index contributed by atoms with van der Waals surface area (Å²) in [5.41, 5.74) is 24.1. The third-order valence-corrected chi connectivity index (χ3v) is 18.3. The van der Waals surface area contributed by atoms with E-state index in [1.54, 1.807) is 5.56 Å². The van der Waals surface area contributed by atoms with Gasteiger partial charge in [-0.1, -0.05) is 177 Å². The zero-order valence-electron chi connectivity index (χ0n) is 39.2. The first kappa shape index (κ1) is 39.8. The third kappa shape index (κ3) is 5.47. The number of hydrogen-bond acceptors (Lipinski definition) is 3. The molecule has 0 radical (unpaired) electrons. The number of anilines is 3. The smallest absolute Gasteiger partial charge is 0.136 e. The molecule has 3 heteroatoms. The summed E-state index contributed by atoms with van der Waals surface area (Å²) in [6, 6.07) is 80.3. The fourth-order valence-corrected chi connectivity index (χ4v) is 15.6. The van der Waals surface area contributed by atoms with Crippen LogP contribution in [0.3, 0.4) is 0 Å². The first-order chi connectivity index (χ1) is 35.2. The van der Waals surface area contributed by atoms with Crippen molar-refractivity contribution < 1.29 is 4.42 Å². The Bertz CT molecular complexity index is 4190. The van der Waals surface area contributed by atoms with Gasteiger partial charge in [0.05, 0.1) is 11.1 Å². The number of fused-ring (bicyclic) bond motifs is 19. The van der Waals surface area contributed by atoms with Crippen molar-refractivity contribution in [1.29, 1.82) is 0 Å². The lowest BCUT2D eigenvalue weighted by Gasteiger charge is -2.40. The summed E-state index contributed by atoms with van der Waals surface area (Å²) in [6.07, 6.45) is 5.89. The van der Waals surface area contributed by atoms with Crippen LogP contribution in [0.4, 0.5) is 17.1 Å². The second-order valence-corrected chi connectivity index (χ2v) is 21.5. The Kier molecular flexibility index (Phi) is 8.42. The predicted octanol–water partition coefficient (Wildman–Crippen LogP) is 18.9. The fourth-order valence-electron chi connectivity index (χ4n) is 14.4. The molecular weight excluding hydrogens is 879 g/mol. The molecule has 1 fully saturated rings. The summed E-state index contributed by atoms with van der Waals surface area (Å²) in [6.45, 7) is 0. The molecule has 3 atom stereocenters. The molecule has 2 heterocycles. The molecule has 0 N–H and O–H groups in total. The molecule has 1 saturated carbocycles. The van der Waals surface area contributed by atoms with Gasteiger partial charge >= 0.3 is 0 Å². The van der Waals surface area contributed by atoms with E-state index in [4.69, 9.17) is 4.42 Å². The quantitative estimate of drug-likeness (QED) is 0.171. The minimum atomic E-state index is -0.220. The fraction of sp³-hybridized carbons (Fsp3) is 0.118. The molecule has 0 bridgehead atoms. The number of rotatable bonds is 5. The molecule has 10 aromatic carbocycles. The maximum Gasteiger partial charge on any atom is 0.136 e. The van der Waals surface area contributed by atoms with Crippen LogP contribution in [0, 0.1) is 5.92 Å². The summed E-state index contributed by atoms with van der Waals surface area (Å²) in [5, 5.41) is 4.99. The topological polar surface area (TPSA) is 16.4 Å². The lowest BCUT2D eigenvalue weighted by atomic mass is 9.63. The highest BCUT2D eigenvalue weighted by Gasteiger charge is 2.58. The van der Waals surface area contributed by atoms with Gasteiger partial charge in [0.2, 0.25) is 0 Å². The van der Waals surface area contributed by atoms with Crippen LogP contribution in [0.2, 0.25) is 0 Å². The number of nitrogens with zero attached hydrogens (tertiary/aromatic N) is 1. The van der Waals surface area contributed by atoms with Crippen molar-refractivity contribution in [2.45, 2.75) is 43.4 Å². The Morgan fingerprint density at radius 3 is 2.14 bits per heavy atom. The maximum absolute atomic E-state index is 6.96. The molecule has 4 aliphatic carbocycles. The van der Waals surface area contributed by atoms with E-state index in [1.165, 1.54) is 135 Å². The molecule has 0 saturated heterocycles. The predicted molar refractivity (Wildman–Crippen MR) is 297 cm³/mol. The average Bonchev–Trinajstić information content (AvgIpc) is 4.24. The molecule has 2 unspecified atom stereocenters. The van der Waals surface area contributed by atoms with Crippen LogP contribution in [0.1, 0.15) is 65.0 Å². The van der Waals surface area contributed by atoms with Gasteiger partial charge in [-0.3, -0.25) is 0 Å². The third-order valence-electron chi connectivity index (χ3n) is 17.1. The highest BCUT2D eigenvalue weighted by molar-refractivity contribution is 7.26. The van der Waals surface area contributed by atoms with Gasteiger partial charge in [-0.15, -0.1) is 11.3 Å². The molecular formula is C68H47NOS. The molecule has 12 aromatic rings. The van der Waals surface area contributed by atoms with Gasteiger partial charge in [-0.25, -0.2) is 0 Å². The van der Waals surface area contributed by atoms with E-state index in [0.717, 1.165) is 28.7 Å². The van der Waals surface area contributed by atoms with Crippen LogP contribution in [0.5, 0.6) is 0 Å². The van der Waals surface area contributed by atoms with Gasteiger partial charge in [-0.05, 0) is 146 Å². The van der Waals surface area contributed by atoms with Crippen molar-refractivity contribution in [1.82, 2.24) is 0 Å². The number of furan rings is 1. The second kappa shape index (κ2) is 15.0. The van der Waals surface area contributed by atoms with Crippen LogP contribution in [0.15, 0.2) is 217 Å². The van der Waals surface area contributed by atoms with Gasteiger partial charge in [0.25, 0.3) is 0 Å². The first-order valence-corrected chi connectivity index (χ1v) is 26.3. The molecule has 1 spiro atoms.